The summed E-state index contributed by atoms with van der Waals surface area (Å²) in [4.78, 5) is 9.77. The van der Waals surface area contributed by atoms with Crippen molar-refractivity contribution in [3.63, 3.8) is 0 Å². The van der Waals surface area contributed by atoms with E-state index in [1.54, 1.807) is 0 Å². The molecule has 0 bridgehead atoms. The van der Waals surface area contributed by atoms with Crippen molar-refractivity contribution in [1.29, 1.82) is 0 Å². The first-order chi connectivity index (χ1) is 14.1. The molecule has 1 aromatic carbocycles. The van der Waals surface area contributed by atoms with Crippen LogP contribution in [-0.4, -0.2) is 44.1 Å². The summed E-state index contributed by atoms with van der Waals surface area (Å²) in [6.07, 6.45) is 3.71. The SMILES string of the molecule is CCc1nc(-c2ccc3nc(CC(C)C)n(CCCN)c3c2)n(C2CCOC2)n1.Cl.Cl. The van der Waals surface area contributed by atoms with Crippen molar-refractivity contribution in [2.24, 2.45) is 11.7 Å². The highest BCUT2D eigenvalue weighted by Crippen LogP contribution is 2.29. The van der Waals surface area contributed by atoms with Crippen LogP contribution in [0.15, 0.2) is 18.2 Å². The van der Waals surface area contributed by atoms with Gasteiger partial charge in [-0.15, -0.1) is 24.8 Å². The summed E-state index contributed by atoms with van der Waals surface area (Å²) in [5, 5.41) is 4.77. The Morgan fingerprint density at radius 2 is 2.03 bits per heavy atom. The van der Waals surface area contributed by atoms with E-state index in [4.69, 9.17) is 25.5 Å². The van der Waals surface area contributed by atoms with Crippen molar-refractivity contribution in [2.45, 2.75) is 59.0 Å². The van der Waals surface area contributed by atoms with E-state index >= 15 is 0 Å². The van der Waals surface area contributed by atoms with Gasteiger partial charge < -0.3 is 15.0 Å². The summed E-state index contributed by atoms with van der Waals surface area (Å²) in [6, 6.07) is 6.71. The molecule has 1 fully saturated rings. The van der Waals surface area contributed by atoms with E-state index in [0.717, 1.165) is 72.9 Å². The van der Waals surface area contributed by atoms with Crippen molar-refractivity contribution in [3.05, 3.63) is 29.8 Å². The highest BCUT2D eigenvalue weighted by Gasteiger charge is 2.24. The Kier molecular flexibility index (Phi) is 9.30. The first-order valence-electron chi connectivity index (χ1n) is 10.8. The molecule has 7 nitrogen and oxygen atoms in total. The lowest BCUT2D eigenvalue weighted by atomic mass is 10.1. The minimum Gasteiger partial charge on any atom is -0.379 e. The Balaban J connectivity index is 0.00000171. The Morgan fingerprint density at radius 3 is 2.68 bits per heavy atom. The van der Waals surface area contributed by atoms with Crippen LogP contribution in [0.1, 0.15) is 51.3 Å². The van der Waals surface area contributed by atoms with Crippen LogP contribution in [0.5, 0.6) is 0 Å². The van der Waals surface area contributed by atoms with E-state index in [-0.39, 0.29) is 30.9 Å². The highest BCUT2D eigenvalue weighted by atomic mass is 35.5. The predicted octanol–water partition coefficient (Wildman–Crippen LogP) is 4.21. The van der Waals surface area contributed by atoms with Gasteiger partial charge in [0, 0.05) is 31.6 Å². The molecule has 31 heavy (non-hydrogen) atoms. The van der Waals surface area contributed by atoms with Crippen LogP contribution in [0.25, 0.3) is 22.4 Å². The number of nitrogens with zero attached hydrogens (tertiary/aromatic N) is 5. The average molecular weight is 469 g/mol. The van der Waals surface area contributed by atoms with Gasteiger partial charge in [0.1, 0.15) is 5.82 Å². The minimum absolute atomic E-state index is 0. The molecule has 2 aromatic heterocycles. The normalized spacial score (nSPS) is 16.0. The van der Waals surface area contributed by atoms with Gasteiger partial charge in [-0.05, 0) is 43.5 Å². The summed E-state index contributed by atoms with van der Waals surface area (Å²) in [6.45, 7) is 9.62. The molecule has 2 N–H and O–H groups in total. The fraction of sp³-hybridized carbons (Fsp3) is 0.591. The van der Waals surface area contributed by atoms with Gasteiger partial charge in [0.15, 0.2) is 11.6 Å². The van der Waals surface area contributed by atoms with Crippen molar-refractivity contribution in [1.82, 2.24) is 24.3 Å². The van der Waals surface area contributed by atoms with Crippen molar-refractivity contribution < 1.29 is 4.74 Å². The summed E-state index contributed by atoms with van der Waals surface area (Å²) in [5.41, 5.74) is 9.08. The molecule has 0 amide bonds. The molecular formula is C22H34Cl2N6O. The van der Waals surface area contributed by atoms with Crippen LogP contribution < -0.4 is 5.73 Å². The number of rotatable bonds is 8. The number of imidazole rings is 1. The van der Waals surface area contributed by atoms with E-state index in [1.807, 2.05) is 0 Å². The van der Waals surface area contributed by atoms with Gasteiger partial charge in [-0.1, -0.05) is 20.8 Å². The van der Waals surface area contributed by atoms with Crippen LogP contribution in [0.2, 0.25) is 0 Å². The summed E-state index contributed by atoms with van der Waals surface area (Å²) < 4.78 is 10.0. The molecule has 0 aliphatic carbocycles. The van der Waals surface area contributed by atoms with Gasteiger partial charge in [-0.2, -0.15) is 5.10 Å². The van der Waals surface area contributed by atoms with Crippen LogP contribution in [0.4, 0.5) is 0 Å². The first kappa shape index (κ1) is 25.6. The zero-order chi connectivity index (χ0) is 20.4. The largest absolute Gasteiger partial charge is 0.379 e. The molecule has 9 heteroatoms. The van der Waals surface area contributed by atoms with Crippen molar-refractivity contribution in [2.75, 3.05) is 19.8 Å². The minimum atomic E-state index is 0. The number of ether oxygens (including phenoxy) is 1. The molecular weight excluding hydrogens is 435 g/mol. The second kappa shape index (κ2) is 11.3. The fourth-order valence-electron chi connectivity index (χ4n) is 4.02. The van der Waals surface area contributed by atoms with E-state index in [0.29, 0.717) is 19.1 Å². The standard InChI is InChI=1S/C22H32N6O.2ClH/c1-4-20-25-22(28(26-20)17-8-11-29-14-17)16-6-7-18-19(13-16)27(10-5-9-23)21(24-18)12-15(2)3;;/h6-7,13,15,17H,4-5,8-12,14,23H2,1-3H3;2*1H. The number of benzene rings is 1. The third kappa shape index (κ3) is 5.40. The number of hydrogen-bond donors (Lipinski definition) is 1. The van der Waals surface area contributed by atoms with Crippen LogP contribution >= 0.6 is 24.8 Å². The van der Waals surface area contributed by atoms with Gasteiger partial charge in [-0.25, -0.2) is 14.6 Å². The van der Waals surface area contributed by atoms with E-state index in [1.165, 1.54) is 0 Å². The first-order valence-corrected chi connectivity index (χ1v) is 10.8. The third-order valence-corrected chi connectivity index (χ3v) is 5.51. The molecule has 1 atom stereocenters. The lowest BCUT2D eigenvalue weighted by molar-refractivity contribution is 0.184. The smallest absolute Gasteiger partial charge is 0.158 e. The number of nitrogens with two attached hydrogens (primary N) is 1. The number of aromatic nitrogens is 5. The van der Waals surface area contributed by atoms with Gasteiger partial charge in [0.05, 0.1) is 23.7 Å². The van der Waals surface area contributed by atoms with Gasteiger partial charge >= 0.3 is 0 Å². The number of halogens is 2. The Labute approximate surface area is 196 Å². The quantitative estimate of drug-likeness (QED) is 0.534. The van der Waals surface area contributed by atoms with Crippen LogP contribution in [0.3, 0.4) is 0 Å². The maximum Gasteiger partial charge on any atom is 0.158 e. The molecule has 1 unspecified atom stereocenters. The summed E-state index contributed by atoms with van der Waals surface area (Å²) in [7, 11) is 0. The Morgan fingerprint density at radius 1 is 1.23 bits per heavy atom. The highest BCUT2D eigenvalue weighted by molar-refractivity contribution is 5.85. The zero-order valence-corrected chi connectivity index (χ0v) is 20.2. The number of fused-ring (bicyclic) bond motifs is 1. The second-order valence-electron chi connectivity index (χ2n) is 8.29. The van der Waals surface area contributed by atoms with E-state index < -0.39 is 0 Å². The van der Waals surface area contributed by atoms with Gasteiger partial charge in [0.2, 0.25) is 0 Å². The van der Waals surface area contributed by atoms with Crippen LogP contribution in [0, 0.1) is 5.92 Å². The third-order valence-electron chi connectivity index (χ3n) is 5.51. The molecule has 3 heterocycles. The molecule has 1 saturated heterocycles. The topological polar surface area (TPSA) is 83.8 Å². The monoisotopic (exact) mass is 468 g/mol. The zero-order valence-electron chi connectivity index (χ0n) is 18.6. The van der Waals surface area contributed by atoms with Crippen molar-refractivity contribution in [3.8, 4) is 11.4 Å². The Bertz CT molecular complexity index is 978. The van der Waals surface area contributed by atoms with Crippen molar-refractivity contribution >= 4 is 35.8 Å². The summed E-state index contributed by atoms with van der Waals surface area (Å²) in [5.74, 6) is 3.50. The van der Waals surface area contributed by atoms with Crippen LogP contribution in [-0.2, 0) is 24.1 Å². The molecule has 0 radical (unpaired) electrons. The van der Waals surface area contributed by atoms with Gasteiger partial charge in [-0.3, -0.25) is 0 Å². The predicted molar refractivity (Wildman–Crippen MR) is 129 cm³/mol. The molecule has 1 aliphatic rings. The summed E-state index contributed by atoms with van der Waals surface area (Å²) >= 11 is 0. The lowest BCUT2D eigenvalue weighted by Crippen LogP contribution is -2.12. The number of hydrogen-bond acceptors (Lipinski definition) is 5. The van der Waals surface area contributed by atoms with E-state index in [2.05, 4.69) is 48.2 Å². The molecule has 1 aliphatic heterocycles. The maximum atomic E-state index is 5.80. The molecule has 0 spiro atoms. The Hall–Kier alpha value is -1.67. The van der Waals surface area contributed by atoms with E-state index in [9.17, 15) is 0 Å². The number of aryl methyl sites for hydroxylation is 2. The molecule has 0 saturated carbocycles. The lowest BCUT2D eigenvalue weighted by Gasteiger charge is -2.13. The fourth-order valence-corrected chi connectivity index (χ4v) is 4.02. The second-order valence-corrected chi connectivity index (χ2v) is 8.29. The average Bonchev–Trinajstić information content (AvgIpc) is 3.43. The molecule has 3 aromatic rings. The van der Waals surface area contributed by atoms with Gasteiger partial charge in [0.25, 0.3) is 0 Å². The molecule has 172 valence electrons. The molecule has 4 rings (SSSR count). The maximum absolute atomic E-state index is 5.80.